The molecule has 29 heavy (non-hydrogen) atoms. The van der Waals surface area contributed by atoms with Gasteiger partial charge in [-0.25, -0.2) is 4.79 Å². The number of piperidine rings is 1. The van der Waals surface area contributed by atoms with Gasteiger partial charge in [-0.2, -0.15) is 0 Å². The molecule has 1 aromatic heterocycles. The van der Waals surface area contributed by atoms with Gasteiger partial charge < -0.3 is 14.8 Å². The minimum absolute atomic E-state index is 0.0791. The summed E-state index contributed by atoms with van der Waals surface area (Å²) in [5, 5.41) is 0. The van der Waals surface area contributed by atoms with Gasteiger partial charge in [0, 0.05) is 38.1 Å². The molecule has 3 heterocycles. The highest BCUT2D eigenvalue weighted by atomic mass is 16.2. The van der Waals surface area contributed by atoms with E-state index in [1.165, 1.54) is 12.8 Å². The number of fused-ring (bicyclic) bond motifs is 1. The number of H-pyrrole nitrogens is 1. The third-order valence-corrected chi connectivity index (χ3v) is 7.04. The van der Waals surface area contributed by atoms with Crippen molar-refractivity contribution >= 4 is 22.8 Å². The first-order valence-corrected chi connectivity index (χ1v) is 10.9. The molecule has 7 nitrogen and oxygen atoms in total. The van der Waals surface area contributed by atoms with Gasteiger partial charge in [0.1, 0.15) is 0 Å². The number of rotatable bonds is 3. The number of benzene rings is 1. The van der Waals surface area contributed by atoms with Crippen molar-refractivity contribution in [3.63, 3.8) is 0 Å². The second kappa shape index (κ2) is 7.35. The molecule has 2 saturated heterocycles. The Hall–Kier alpha value is -2.57. The van der Waals surface area contributed by atoms with E-state index < -0.39 is 0 Å². The molecule has 1 aliphatic carbocycles. The number of carbonyl (C=O) groups excluding carboxylic acids is 2. The van der Waals surface area contributed by atoms with E-state index in [9.17, 15) is 14.4 Å². The summed E-state index contributed by atoms with van der Waals surface area (Å²) in [7, 11) is 0. The van der Waals surface area contributed by atoms with Crippen LogP contribution in [-0.4, -0.2) is 56.8 Å². The fraction of sp³-hybridized carbons (Fsp3) is 0.591. The Morgan fingerprint density at radius 1 is 0.966 bits per heavy atom. The van der Waals surface area contributed by atoms with Crippen LogP contribution < -0.4 is 5.69 Å². The van der Waals surface area contributed by atoms with E-state index in [0.717, 1.165) is 36.7 Å². The summed E-state index contributed by atoms with van der Waals surface area (Å²) in [5.41, 5.74) is 1.70. The summed E-state index contributed by atoms with van der Waals surface area (Å²) >= 11 is 0. The predicted molar refractivity (Wildman–Crippen MR) is 109 cm³/mol. The molecule has 7 heteroatoms. The Bertz CT molecular complexity index is 979. The van der Waals surface area contributed by atoms with E-state index >= 15 is 0 Å². The zero-order chi connectivity index (χ0) is 20.0. The Balaban J connectivity index is 1.24. The molecule has 0 bridgehead atoms. The van der Waals surface area contributed by atoms with Gasteiger partial charge in [-0.1, -0.05) is 25.0 Å². The van der Waals surface area contributed by atoms with Crippen molar-refractivity contribution in [2.24, 2.45) is 5.92 Å². The molecule has 1 unspecified atom stereocenters. The van der Waals surface area contributed by atoms with Gasteiger partial charge >= 0.3 is 5.69 Å². The number of hydrogen-bond acceptors (Lipinski definition) is 3. The first-order valence-electron chi connectivity index (χ1n) is 10.9. The van der Waals surface area contributed by atoms with Gasteiger partial charge in [-0.3, -0.25) is 14.2 Å². The first kappa shape index (κ1) is 18.5. The largest absolute Gasteiger partial charge is 0.342 e. The molecular weight excluding hydrogens is 368 g/mol. The summed E-state index contributed by atoms with van der Waals surface area (Å²) in [6.07, 6.45) is 6.43. The van der Waals surface area contributed by atoms with Crippen LogP contribution in [0.5, 0.6) is 0 Å². The lowest BCUT2D eigenvalue weighted by molar-refractivity contribution is -0.137. The van der Waals surface area contributed by atoms with Gasteiger partial charge in [-0.15, -0.1) is 0 Å². The standard InChI is InChI=1S/C22H28N4O3/c27-20-13-15(14-25(20)16-5-1-2-6-16)21(28)24-11-9-17(10-12-24)26-19-8-4-3-7-18(19)23-22(26)29/h3-4,7-8,15-17H,1-2,5-6,9-14H2,(H,23,29). The first-order chi connectivity index (χ1) is 14.1. The van der Waals surface area contributed by atoms with Crippen LogP contribution in [0.3, 0.4) is 0 Å². The zero-order valence-corrected chi connectivity index (χ0v) is 16.7. The number of nitrogens with one attached hydrogen (secondary N) is 1. The van der Waals surface area contributed by atoms with Crippen LogP contribution in [0.25, 0.3) is 11.0 Å². The van der Waals surface area contributed by atoms with E-state index in [1.54, 1.807) is 0 Å². The number of hydrogen-bond donors (Lipinski definition) is 1. The van der Waals surface area contributed by atoms with Crippen LogP contribution in [0.1, 0.15) is 51.0 Å². The van der Waals surface area contributed by atoms with Crippen molar-refractivity contribution in [3.8, 4) is 0 Å². The van der Waals surface area contributed by atoms with Crippen LogP contribution in [0.15, 0.2) is 29.1 Å². The summed E-state index contributed by atoms with van der Waals surface area (Å²) in [6.45, 7) is 1.87. The molecule has 2 amide bonds. The van der Waals surface area contributed by atoms with Gasteiger partial charge in [0.15, 0.2) is 0 Å². The van der Waals surface area contributed by atoms with Crippen molar-refractivity contribution in [2.75, 3.05) is 19.6 Å². The fourth-order valence-electron chi connectivity index (χ4n) is 5.51. The minimum atomic E-state index is -0.199. The Morgan fingerprint density at radius 2 is 1.69 bits per heavy atom. The van der Waals surface area contributed by atoms with Crippen molar-refractivity contribution in [1.82, 2.24) is 19.4 Å². The average Bonchev–Trinajstić information content (AvgIpc) is 3.45. The maximum atomic E-state index is 13.1. The minimum Gasteiger partial charge on any atom is -0.342 e. The highest BCUT2D eigenvalue weighted by Gasteiger charge is 2.40. The molecule has 0 radical (unpaired) electrons. The van der Waals surface area contributed by atoms with E-state index in [2.05, 4.69) is 4.98 Å². The van der Waals surface area contributed by atoms with Crippen molar-refractivity contribution in [3.05, 3.63) is 34.7 Å². The van der Waals surface area contributed by atoms with Gasteiger partial charge in [0.05, 0.1) is 17.0 Å². The highest BCUT2D eigenvalue weighted by molar-refractivity contribution is 5.89. The topological polar surface area (TPSA) is 78.4 Å². The number of aromatic amines is 1. The Kier molecular flexibility index (Phi) is 4.68. The number of carbonyl (C=O) groups is 2. The molecule has 3 fully saturated rings. The monoisotopic (exact) mass is 396 g/mol. The van der Waals surface area contributed by atoms with Crippen LogP contribution in [-0.2, 0) is 9.59 Å². The molecular formula is C22H28N4O3. The van der Waals surface area contributed by atoms with Crippen molar-refractivity contribution in [2.45, 2.75) is 57.0 Å². The van der Waals surface area contributed by atoms with Gasteiger partial charge in [-0.05, 0) is 37.8 Å². The van der Waals surface area contributed by atoms with Gasteiger partial charge in [0.2, 0.25) is 11.8 Å². The Labute approximate surface area is 169 Å². The van der Waals surface area contributed by atoms with Crippen LogP contribution in [0, 0.1) is 5.92 Å². The molecule has 0 spiro atoms. The molecule has 154 valence electrons. The lowest BCUT2D eigenvalue weighted by Gasteiger charge is -2.34. The highest BCUT2D eigenvalue weighted by Crippen LogP contribution is 2.31. The number of imidazole rings is 1. The van der Waals surface area contributed by atoms with Gasteiger partial charge in [0.25, 0.3) is 0 Å². The predicted octanol–water partition coefficient (Wildman–Crippen LogP) is 2.28. The lowest BCUT2D eigenvalue weighted by atomic mass is 10.0. The molecule has 3 aliphatic rings. The summed E-state index contributed by atoms with van der Waals surface area (Å²) in [4.78, 5) is 44.7. The summed E-state index contributed by atoms with van der Waals surface area (Å²) in [5.74, 6) is 0.0644. The Morgan fingerprint density at radius 3 is 2.45 bits per heavy atom. The summed E-state index contributed by atoms with van der Waals surface area (Å²) in [6, 6.07) is 8.19. The number of amides is 2. The summed E-state index contributed by atoms with van der Waals surface area (Å²) < 4.78 is 1.85. The maximum absolute atomic E-state index is 13.1. The van der Waals surface area contributed by atoms with Crippen molar-refractivity contribution < 1.29 is 9.59 Å². The number of likely N-dealkylation sites (tertiary alicyclic amines) is 2. The van der Waals surface area contributed by atoms with E-state index in [4.69, 9.17) is 0 Å². The lowest BCUT2D eigenvalue weighted by Crippen LogP contribution is -2.44. The fourth-order valence-corrected chi connectivity index (χ4v) is 5.51. The molecule has 5 rings (SSSR count). The molecule has 2 aromatic rings. The maximum Gasteiger partial charge on any atom is 0.326 e. The number of para-hydroxylation sites is 2. The molecule has 2 aliphatic heterocycles. The quantitative estimate of drug-likeness (QED) is 0.865. The van der Waals surface area contributed by atoms with Crippen LogP contribution >= 0.6 is 0 Å². The second-order valence-corrected chi connectivity index (χ2v) is 8.76. The van der Waals surface area contributed by atoms with E-state index in [-0.39, 0.29) is 29.5 Å². The van der Waals surface area contributed by atoms with Crippen LogP contribution in [0.4, 0.5) is 0 Å². The molecule has 1 saturated carbocycles. The van der Waals surface area contributed by atoms with Crippen LogP contribution in [0.2, 0.25) is 0 Å². The van der Waals surface area contributed by atoms with E-state index in [0.29, 0.717) is 32.1 Å². The average molecular weight is 396 g/mol. The molecule has 1 aromatic carbocycles. The zero-order valence-electron chi connectivity index (χ0n) is 16.7. The normalized spacial score (nSPS) is 24.1. The number of aromatic nitrogens is 2. The smallest absolute Gasteiger partial charge is 0.326 e. The molecule has 1 atom stereocenters. The van der Waals surface area contributed by atoms with Crippen molar-refractivity contribution in [1.29, 1.82) is 0 Å². The third-order valence-electron chi connectivity index (χ3n) is 7.04. The van der Waals surface area contributed by atoms with E-state index in [1.807, 2.05) is 38.6 Å². The third kappa shape index (κ3) is 3.26. The SMILES string of the molecule is O=C(C1CC(=O)N(C2CCCC2)C1)N1CCC(n2c(=O)[nH]c3ccccc32)CC1. The number of nitrogens with zero attached hydrogens (tertiary/aromatic N) is 3. The molecule has 1 N–H and O–H groups in total. The second-order valence-electron chi connectivity index (χ2n) is 8.76.